The van der Waals surface area contributed by atoms with E-state index < -0.39 is 0 Å². The topological polar surface area (TPSA) is 30.2 Å². The van der Waals surface area contributed by atoms with Crippen LogP contribution in [0, 0.1) is 5.92 Å². The second-order valence-electron chi connectivity index (χ2n) is 4.64. The Bertz CT molecular complexity index is 422. The molecule has 82 valence electrons. The van der Waals surface area contributed by atoms with E-state index in [0.29, 0.717) is 11.8 Å². The molecule has 0 spiro atoms. The van der Waals surface area contributed by atoms with Crippen LogP contribution in [0.3, 0.4) is 0 Å². The third kappa shape index (κ3) is 2.20. The van der Waals surface area contributed by atoms with E-state index in [2.05, 4.69) is 37.8 Å². The van der Waals surface area contributed by atoms with Gasteiger partial charge in [0, 0.05) is 6.42 Å². The number of imidazole rings is 1. The zero-order valence-corrected chi connectivity index (χ0v) is 10.5. The lowest BCUT2D eigenvalue weighted by Crippen LogP contribution is -1.94. The molecule has 2 heterocycles. The molecule has 3 nitrogen and oxygen atoms in total. The first-order valence-electron chi connectivity index (χ1n) is 5.41. The summed E-state index contributed by atoms with van der Waals surface area (Å²) in [6.45, 7) is 8.73. The lowest BCUT2D eigenvalue weighted by molar-refractivity contribution is 0.636. The first-order chi connectivity index (χ1) is 7.06. The summed E-state index contributed by atoms with van der Waals surface area (Å²) in [6, 6.07) is 0. The van der Waals surface area contributed by atoms with E-state index in [1.807, 2.05) is 10.7 Å². The van der Waals surface area contributed by atoms with Crippen LogP contribution in [0.2, 0.25) is 0 Å². The lowest BCUT2D eigenvalue weighted by atomic mass is 10.1. The average molecular weight is 223 g/mol. The van der Waals surface area contributed by atoms with Gasteiger partial charge in [-0.2, -0.15) is 5.10 Å². The third-order valence-electron chi connectivity index (χ3n) is 2.28. The van der Waals surface area contributed by atoms with Gasteiger partial charge in [0.15, 0.2) is 0 Å². The summed E-state index contributed by atoms with van der Waals surface area (Å²) < 4.78 is 1.91. The first-order valence-corrected chi connectivity index (χ1v) is 6.23. The Labute approximate surface area is 94.2 Å². The molecule has 2 aromatic heterocycles. The molecule has 2 aromatic rings. The van der Waals surface area contributed by atoms with E-state index in [1.54, 1.807) is 11.3 Å². The monoisotopic (exact) mass is 223 g/mol. The summed E-state index contributed by atoms with van der Waals surface area (Å²) in [4.78, 5) is 5.58. The number of hydrogen-bond acceptors (Lipinski definition) is 3. The van der Waals surface area contributed by atoms with Gasteiger partial charge in [0.25, 0.3) is 0 Å². The molecule has 0 saturated heterocycles. The lowest BCUT2D eigenvalue weighted by Gasteiger charge is -1.98. The van der Waals surface area contributed by atoms with Gasteiger partial charge in [-0.1, -0.05) is 39.0 Å². The second-order valence-corrected chi connectivity index (χ2v) is 5.68. The first kappa shape index (κ1) is 10.6. The van der Waals surface area contributed by atoms with Crippen LogP contribution in [0.25, 0.3) is 4.96 Å². The van der Waals surface area contributed by atoms with Crippen molar-refractivity contribution in [3.63, 3.8) is 0 Å². The van der Waals surface area contributed by atoms with Gasteiger partial charge in [0.2, 0.25) is 4.96 Å². The van der Waals surface area contributed by atoms with Crippen LogP contribution >= 0.6 is 11.3 Å². The fourth-order valence-electron chi connectivity index (χ4n) is 1.47. The van der Waals surface area contributed by atoms with Crippen LogP contribution in [0.1, 0.15) is 44.3 Å². The van der Waals surface area contributed by atoms with Crippen molar-refractivity contribution in [1.29, 1.82) is 0 Å². The van der Waals surface area contributed by atoms with E-state index in [0.717, 1.165) is 17.1 Å². The zero-order chi connectivity index (χ0) is 11.0. The summed E-state index contributed by atoms with van der Waals surface area (Å²) in [6.07, 6.45) is 3.09. The van der Waals surface area contributed by atoms with E-state index in [9.17, 15) is 0 Å². The van der Waals surface area contributed by atoms with Crippen LogP contribution in [-0.2, 0) is 6.42 Å². The Morgan fingerprint density at radius 2 is 2.07 bits per heavy atom. The Balaban J connectivity index is 2.30. The minimum absolute atomic E-state index is 0.479. The maximum absolute atomic E-state index is 4.56. The maximum atomic E-state index is 4.56. The quantitative estimate of drug-likeness (QED) is 0.800. The van der Waals surface area contributed by atoms with Crippen LogP contribution in [0.5, 0.6) is 0 Å². The molecular weight excluding hydrogens is 206 g/mol. The van der Waals surface area contributed by atoms with Crippen molar-refractivity contribution in [2.75, 3.05) is 0 Å². The van der Waals surface area contributed by atoms with Gasteiger partial charge >= 0.3 is 0 Å². The maximum Gasteiger partial charge on any atom is 0.212 e. The van der Waals surface area contributed by atoms with Crippen molar-refractivity contribution >= 4 is 16.3 Å². The summed E-state index contributed by atoms with van der Waals surface area (Å²) in [5, 5.41) is 5.71. The number of hydrogen-bond donors (Lipinski definition) is 0. The van der Waals surface area contributed by atoms with Crippen molar-refractivity contribution < 1.29 is 0 Å². The molecule has 0 unspecified atom stereocenters. The Kier molecular flexibility index (Phi) is 2.78. The third-order valence-corrected chi connectivity index (χ3v) is 3.22. The van der Waals surface area contributed by atoms with Crippen LogP contribution in [-0.4, -0.2) is 14.6 Å². The normalized spacial score (nSPS) is 12.1. The predicted molar refractivity (Wildman–Crippen MR) is 63.5 cm³/mol. The smallest absolute Gasteiger partial charge is 0.212 e. The summed E-state index contributed by atoms with van der Waals surface area (Å²) in [7, 11) is 0. The molecule has 0 N–H and O–H groups in total. The molecule has 4 heteroatoms. The highest BCUT2D eigenvalue weighted by Crippen LogP contribution is 2.20. The minimum atomic E-state index is 0.479. The van der Waals surface area contributed by atoms with Crippen molar-refractivity contribution in [1.82, 2.24) is 14.6 Å². The second kappa shape index (κ2) is 3.93. The van der Waals surface area contributed by atoms with Gasteiger partial charge in [-0.3, -0.25) is 0 Å². The number of rotatable bonds is 3. The molecule has 15 heavy (non-hydrogen) atoms. The van der Waals surface area contributed by atoms with E-state index >= 15 is 0 Å². The van der Waals surface area contributed by atoms with Gasteiger partial charge in [-0.25, -0.2) is 9.50 Å². The molecule has 0 aliphatic rings. The van der Waals surface area contributed by atoms with Crippen molar-refractivity contribution in [2.45, 2.75) is 40.0 Å². The summed E-state index contributed by atoms with van der Waals surface area (Å²) in [5.74, 6) is 1.14. The minimum Gasteiger partial charge on any atom is -0.222 e. The van der Waals surface area contributed by atoms with Crippen molar-refractivity contribution in [3.8, 4) is 0 Å². The van der Waals surface area contributed by atoms with Crippen LogP contribution in [0.15, 0.2) is 6.20 Å². The molecule has 0 fully saturated rings. The van der Waals surface area contributed by atoms with Gasteiger partial charge in [-0.05, 0) is 11.8 Å². The van der Waals surface area contributed by atoms with Crippen LogP contribution in [0.4, 0.5) is 0 Å². The summed E-state index contributed by atoms with van der Waals surface area (Å²) >= 11 is 1.70. The van der Waals surface area contributed by atoms with Crippen molar-refractivity contribution in [2.24, 2.45) is 5.92 Å². The van der Waals surface area contributed by atoms with E-state index in [4.69, 9.17) is 0 Å². The highest BCUT2D eigenvalue weighted by atomic mass is 32.1. The van der Waals surface area contributed by atoms with Gasteiger partial charge in [0.1, 0.15) is 5.01 Å². The van der Waals surface area contributed by atoms with Crippen molar-refractivity contribution in [3.05, 3.63) is 16.9 Å². The number of fused-ring (bicyclic) bond motifs is 1. The molecule has 0 aliphatic carbocycles. The predicted octanol–water partition coefficient (Wildman–Crippen LogP) is 3.11. The molecule has 0 aromatic carbocycles. The number of nitrogens with zero attached hydrogens (tertiary/aromatic N) is 3. The molecule has 0 aliphatic heterocycles. The molecule has 0 atom stereocenters. The molecular formula is C11H17N3S. The zero-order valence-electron chi connectivity index (χ0n) is 9.69. The Morgan fingerprint density at radius 3 is 2.60 bits per heavy atom. The highest BCUT2D eigenvalue weighted by Gasteiger charge is 2.10. The largest absolute Gasteiger partial charge is 0.222 e. The summed E-state index contributed by atoms with van der Waals surface area (Å²) in [5.41, 5.74) is 1.13. The molecule has 0 amide bonds. The van der Waals surface area contributed by atoms with Gasteiger partial charge < -0.3 is 0 Å². The SMILES string of the molecule is CC(C)Cc1nn2cc(C(C)C)nc2s1. The van der Waals surface area contributed by atoms with Crippen LogP contribution < -0.4 is 0 Å². The van der Waals surface area contributed by atoms with E-state index in [-0.39, 0.29) is 0 Å². The average Bonchev–Trinajstić information content (AvgIpc) is 2.58. The molecule has 0 bridgehead atoms. The highest BCUT2D eigenvalue weighted by molar-refractivity contribution is 7.16. The Morgan fingerprint density at radius 1 is 1.33 bits per heavy atom. The molecule has 0 radical (unpaired) electrons. The molecule has 0 saturated carbocycles. The fraction of sp³-hybridized carbons (Fsp3) is 0.636. The standard InChI is InChI=1S/C11H17N3S/c1-7(2)5-10-13-14-6-9(8(3)4)12-11(14)15-10/h6-8H,5H2,1-4H3. The van der Waals surface area contributed by atoms with Gasteiger partial charge in [-0.15, -0.1) is 0 Å². The van der Waals surface area contributed by atoms with Gasteiger partial charge in [0.05, 0.1) is 11.9 Å². The Hall–Kier alpha value is -0.900. The fourth-order valence-corrected chi connectivity index (χ4v) is 2.56. The molecule has 2 rings (SSSR count). The number of aromatic nitrogens is 3. The van der Waals surface area contributed by atoms with E-state index in [1.165, 1.54) is 5.01 Å².